The van der Waals surface area contributed by atoms with Gasteiger partial charge in [0.15, 0.2) is 0 Å². The van der Waals surface area contributed by atoms with Crippen LogP contribution in [0.15, 0.2) is 34.9 Å². The molecule has 1 aliphatic rings. The molecule has 2 aromatic rings. The number of hydrogen-bond acceptors (Lipinski definition) is 5. The number of anilines is 1. The summed E-state index contributed by atoms with van der Waals surface area (Å²) < 4.78 is 5.90. The minimum Gasteiger partial charge on any atom is -0.340 e. The summed E-state index contributed by atoms with van der Waals surface area (Å²) in [6.45, 7) is 3.63. The van der Waals surface area contributed by atoms with Gasteiger partial charge in [0, 0.05) is 38.7 Å². The van der Waals surface area contributed by atoms with Crippen molar-refractivity contribution in [3.63, 3.8) is 0 Å². The maximum Gasteiger partial charge on any atom is 0.232 e. The molecule has 1 aromatic heterocycles. The lowest BCUT2D eigenvalue weighted by molar-refractivity contribution is -0.129. The first-order chi connectivity index (χ1) is 14.0. The molecular weight excluding hydrogens is 364 g/mol. The lowest BCUT2D eigenvalue weighted by Crippen LogP contribution is -2.36. The van der Waals surface area contributed by atoms with Crippen molar-refractivity contribution in [1.82, 2.24) is 15.0 Å². The van der Waals surface area contributed by atoms with E-state index >= 15 is 0 Å². The van der Waals surface area contributed by atoms with E-state index in [0.29, 0.717) is 19.1 Å². The monoisotopic (exact) mass is 398 g/mol. The average Bonchev–Trinajstić information content (AvgIpc) is 3.15. The van der Waals surface area contributed by atoms with Gasteiger partial charge in [-0.15, -0.1) is 0 Å². The van der Waals surface area contributed by atoms with E-state index in [9.17, 15) is 4.79 Å². The highest BCUT2D eigenvalue weighted by Gasteiger charge is 2.28. The van der Waals surface area contributed by atoms with Crippen LogP contribution in [0, 0.1) is 0 Å². The number of rotatable bonds is 8. The average molecular weight is 399 g/mol. The van der Waals surface area contributed by atoms with Crippen LogP contribution in [0.1, 0.15) is 44.6 Å². The fourth-order valence-electron chi connectivity index (χ4n) is 4.04. The lowest BCUT2D eigenvalue weighted by Gasteiger charge is -2.32. The van der Waals surface area contributed by atoms with Gasteiger partial charge in [-0.05, 0) is 26.9 Å². The van der Waals surface area contributed by atoms with Crippen molar-refractivity contribution >= 4 is 11.8 Å². The molecule has 1 aliphatic carbocycles. The Bertz CT molecular complexity index is 781. The van der Waals surface area contributed by atoms with Crippen LogP contribution < -0.4 is 4.90 Å². The summed E-state index contributed by atoms with van der Waals surface area (Å²) in [5.41, 5.74) is 2.85. The van der Waals surface area contributed by atoms with Crippen molar-refractivity contribution in [2.24, 2.45) is 0 Å². The Hall–Kier alpha value is -2.34. The molecule has 0 radical (unpaired) electrons. The summed E-state index contributed by atoms with van der Waals surface area (Å²) in [4.78, 5) is 18.6. The standard InChI is InChI=1S/C23H34N4O2/c1-18(28)27(16-15-25(2)3)17-21-22(19-11-7-5-8-12-19)24-29-23(21)26(4)20-13-9-6-10-14-20/h5,7-8,11-12,20H,6,9-10,13-17H2,1-4H3. The molecule has 1 saturated carbocycles. The van der Waals surface area contributed by atoms with Gasteiger partial charge >= 0.3 is 0 Å². The first-order valence-corrected chi connectivity index (χ1v) is 10.6. The Morgan fingerprint density at radius 1 is 1.07 bits per heavy atom. The predicted octanol–water partition coefficient (Wildman–Crippen LogP) is 4.02. The number of carbonyl (C=O) groups is 1. The third-order valence-corrected chi connectivity index (χ3v) is 5.87. The van der Waals surface area contributed by atoms with Crippen LogP contribution in [0.25, 0.3) is 11.3 Å². The highest BCUT2D eigenvalue weighted by molar-refractivity contribution is 5.75. The summed E-state index contributed by atoms with van der Waals surface area (Å²) in [5, 5.41) is 4.44. The SMILES string of the molecule is CC(=O)N(CCN(C)C)Cc1c(-c2ccccc2)noc1N(C)C1CCCCC1. The van der Waals surface area contributed by atoms with Gasteiger partial charge in [-0.25, -0.2) is 0 Å². The smallest absolute Gasteiger partial charge is 0.232 e. The second-order valence-electron chi connectivity index (χ2n) is 8.33. The van der Waals surface area contributed by atoms with Crippen molar-refractivity contribution in [1.29, 1.82) is 0 Å². The third-order valence-electron chi connectivity index (χ3n) is 5.87. The van der Waals surface area contributed by atoms with Gasteiger partial charge in [0.1, 0.15) is 5.69 Å². The topological polar surface area (TPSA) is 52.8 Å². The largest absolute Gasteiger partial charge is 0.340 e. The molecule has 0 N–H and O–H groups in total. The molecule has 3 rings (SSSR count). The van der Waals surface area contributed by atoms with Crippen molar-refractivity contribution < 1.29 is 9.32 Å². The van der Waals surface area contributed by atoms with E-state index < -0.39 is 0 Å². The molecule has 0 spiro atoms. The zero-order valence-corrected chi connectivity index (χ0v) is 18.2. The Morgan fingerprint density at radius 2 is 1.76 bits per heavy atom. The third kappa shape index (κ3) is 5.38. The summed E-state index contributed by atoms with van der Waals surface area (Å²) >= 11 is 0. The molecular formula is C23H34N4O2. The fraction of sp³-hybridized carbons (Fsp3) is 0.565. The van der Waals surface area contributed by atoms with Crippen LogP contribution in [0.3, 0.4) is 0 Å². The number of likely N-dealkylation sites (N-methyl/N-ethyl adjacent to an activating group) is 1. The van der Waals surface area contributed by atoms with E-state index in [2.05, 4.69) is 22.0 Å². The Kier molecular flexibility index (Phi) is 7.31. The Labute approximate surface area is 174 Å². The van der Waals surface area contributed by atoms with Crippen LogP contribution in [0.2, 0.25) is 0 Å². The van der Waals surface area contributed by atoms with Crippen LogP contribution >= 0.6 is 0 Å². The molecule has 6 nitrogen and oxygen atoms in total. The minimum atomic E-state index is 0.0679. The minimum absolute atomic E-state index is 0.0679. The first-order valence-electron chi connectivity index (χ1n) is 10.6. The van der Waals surface area contributed by atoms with E-state index in [1.54, 1.807) is 6.92 Å². The van der Waals surface area contributed by atoms with Gasteiger partial charge in [0.2, 0.25) is 11.8 Å². The zero-order valence-electron chi connectivity index (χ0n) is 18.2. The van der Waals surface area contributed by atoms with Gasteiger partial charge in [-0.2, -0.15) is 0 Å². The predicted molar refractivity (Wildman–Crippen MR) is 117 cm³/mol. The molecule has 1 amide bonds. The van der Waals surface area contributed by atoms with E-state index in [4.69, 9.17) is 4.52 Å². The van der Waals surface area contributed by atoms with Gasteiger partial charge in [0.05, 0.1) is 12.1 Å². The van der Waals surface area contributed by atoms with Crippen molar-refractivity contribution in [3.05, 3.63) is 35.9 Å². The van der Waals surface area contributed by atoms with Crippen LogP contribution in [-0.2, 0) is 11.3 Å². The fourth-order valence-corrected chi connectivity index (χ4v) is 4.04. The molecule has 1 aromatic carbocycles. The maximum atomic E-state index is 12.4. The first kappa shape index (κ1) is 21.4. The number of carbonyl (C=O) groups excluding carboxylic acids is 1. The second kappa shape index (κ2) is 9.92. The van der Waals surface area contributed by atoms with Gasteiger partial charge in [0.25, 0.3) is 0 Å². The van der Waals surface area contributed by atoms with Gasteiger partial charge in [-0.3, -0.25) is 4.79 Å². The number of amides is 1. The zero-order chi connectivity index (χ0) is 20.8. The van der Waals surface area contributed by atoms with Crippen molar-refractivity contribution in [3.8, 4) is 11.3 Å². The number of benzene rings is 1. The number of hydrogen-bond donors (Lipinski definition) is 0. The molecule has 6 heteroatoms. The molecule has 158 valence electrons. The molecule has 29 heavy (non-hydrogen) atoms. The molecule has 1 fully saturated rings. The van der Waals surface area contributed by atoms with Crippen molar-refractivity contribution in [2.75, 3.05) is 39.1 Å². The van der Waals surface area contributed by atoms with E-state index in [1.165, 1.54) is 32.1 Å². The maximum absolute atomic E-state index is 12.4. The molecule has 1 heterocycles. The second-order valence-corrected chi connectivity index (χ2v) is 8.33. The summed E-state index contributed by atoms with van der Waals surface area (Å²) in [7, 11) is 6.15. The van der Waals surface area contributed by atoms with Gasteiger partial charge in [-0.1, -0.05) is 54.8 Å². The molecule has 0 unspecified atom stereocenters. The summed E-state index contributed by atoms with van der Waals surface area (Å²) in [6, 6.07) is 10.6. The van der Waals surface area contributed by atoms with Crippen LogP contribution in [-0.4, -0.2) is 61.1 Å². The highest BCUT2D eigenvalue weighted by Crippen LogP contribution is 2.35. The van der Waals surface area contributed by atoms with E-state index in [0.717, 1.165) is 29.2 Å². The Morgan fingerprint density at radius 3 is 2.38 bits per heavy atom. The molecule has 0 saturated heterocycles. The van der Waals surface area contributed by atoms with Crippen LogP contribution in [0.5, 0.6) is 0 Å². The van der Waals surface area contributed by atoms with Crippen LogP contribution in [0.4, 0.5) is 5.88 Å². The quantitative estimate of drug-likeness (QED) is 0.672. The molecule has 0 aliphatic heterocycles. The van der Waals surface area contributed by atoms with Crippen molar-refractivity contribution in [2.45, 2.75) is 51.6 Å². The summed E-state index contributed by atoms with van der Waals surface area (Å²) in [6.07, 6.45) is 6.17. The summed E-state index contributed by atoms with van der Waals surface area (Å²) in [5.74, 6) is 0.866. The normalized spacial score (nSPS) is 14.9. The highest BCUT2D eigenvalue weighted by atomic mass is 16.5. The number of aromatic nitrogens is 1. The van der Waals surface area contributed by atoms with Gasteiger partial charge < -0.3 is 19.2 Å². The van der Waals surface area contributed by atoms with E-state index in [-0.39, 0.29) is 5.91 Å². The van der Waals surface area contributed by atoms with E-state index in [1.807, 2.05) is 49.3 Å². The molecule has 0 bridgehead atoms. The Balaban J connectivity index is 1.94. The number of nitrogens with zero attached hydrogens (tertiary/aromatic N) is 4. The lowest BCUT2D eigenvalue weighted by atomic mass is 9.94. The molecule has 0 atom stereocenters.